The molecule has 2 heteroatoms. The lowest BCUT2D eigenvalue weighted by Gasteiger charge is -2.36. The van der Waals surface area contributed by atoms with E-state index in [0.29, 0.717) is 5.92 Å². The highest BCUT2D eigenvalue weighted by Gasteiger charge is 2.37. The van der Waals surface area contributed by atoms with E-state index in [1.807, 2.05) is 0 Å². The van der Waals surface area contributed by atoms with Crippen molar-refractivity contribution in [2.75, 3.05) is 6.54 Å². The van der Waals surface area contributed by atoms with Crippen molar-refractivity contribution < 1.29 is 0 Å². The van der Waals surface area contributed by atoms with Gasteiger partial charge in [-0.05, 0) is 42.4 Å². The van der Waals surface area contributed by atoms with Gasteiger partial charge in [-0.1, -0.05) is 6.08 Å². The van der Waals surface area contributed by atoms with Gasteiger partial charge >= 0.3 is 0 Å². The van der Waals surface area contributed by atoms with Gasteiger partial charge in [0.25, 0.3) is 0 Å². The van der Waals surface area contributed by atoms with E-state index in [1.165, 1.54) is 36.2 Å². The van der Waals surface area contributed by atoms with Crippen LogP contribution in [0.3, 0.4) is 0 Å². The Morgan fingerprint density at radius 2 is 2.31 bits per heavy atom. The molecular weight excluding hydrogens is 196 g/mol. The van der Waals surface area contributed by atoms with Crippen LogP contribution in [0.4, 0.5) is 0 Å². The van der Waals surface area contributed by atoms with Gasteiger partial charge in [-0.25, -0.2) is 0 Å². The van der Waals surface area contributed by atoms with E-state index >= 15 is 0 Å². The van der Waals surface area contributed by atoms with E-state index in [4.69, 9.17) is 4.99 Å². The number of nitrogens with zero attached hydrogens (tertiary/aromatic N) is 1. The van der Waals surface area contributed by atoms with Crippen molar-refractivity contribution in [1.29, 1.82) is 0 Å². The van der Waals surface area contributed by atoms with Gasteiger partial charge in [0, 0.05) is 36.5 Å². The maximum Gasteiger partial charge on any atom is 0.0415 e. The Bertz CT molecular complexity index is 493. The summed E-state index contributed by atoms with van der Waals surface area (Å²) >= 11 is 0. The average Bonchev–Trinajstić information content (AvgIpc) is 2.75. The van der Waals surface area contributed by atoms with E-state index in [9.17, 15) is 0 Å². The molecule has 2 heterocycles. The largest absolute Gasteiger partial charge is 0.361 e. The summed E-state index contributed by atoms with van der Waals surface area (Å²) in [6, 6.07) is 0. The lowest BCUT2D eigenvalue weighted by molar-refractivity contribution is 0.455. The molecule has 1 aromatic rings. The number of H-pyrrole nitrogens is 1. The number of aromatic nitrogens is 1. The van der Waals surface area contributed by atoms with E-state index in [-0.39, 0.29) is 0 Å². The highest BCUT2D eigenvalue weighted by molar-refractivity contribution is 5.92. The lowest BCUT2D eigenvalue weighted by Crippen LogP contribution is -2.32. The highest BCUT2D eigenvalue weighted by atomic mass is 14.8. The van der Waals surface area contributed by atoms with Crippen LogP contribution in [-0.4, -0.2) is 17.2 Å². The molecule has 0 amide bonds. The van der Waals surface area contributed by atoms with Gasteiger partial charge in [0.1, 0.15) is 0 Å². The first-order valence-electron chi connectivity index (χ1n) is 6.33. The number of fused-ring (bicyclic) bond motifs is 2. The van der Waals surface area contributed by atoms with Crippen LogP contribution in [0.25, 0.3) is 6.08 Å². The Kier molecular flexibility index (Phi) is 1.70. The number of hydrogen-bond donors (Lipinski definition) is 1. The first-order valence-corrected chi connectivity index (χ1v) is 6.33. The minimum Gasteiger partial charge on any atom is -0.361 e. The summed E-state index contributed by atoms with van der Waals surface area (Å²) in [6.45, 7) is 1.06. The van der Waals surface area contributed by atoms with Crippen molar-refractivity contribution in [3.63, 3.8) is 0 Å². The van der Waals surface area contributed by atoms with Gasteiger partial charge in [-0.3, -0.25) is 4.99 Å². The summed E-state index contributed by atoms with van der Waals surface area (Å²) in [6.07, 6.45) is 11.7. The summed E-state index contributed by atoms with van der Waals surface area (Å²) in [5.41, 5.74) is 5.94. The molecule has 3 aliphatic rings. The average molecular weight is 212 g/mol. The second kappa shape index (κ2) is 3.09. The fourth-order valence-corrected chi connectivity index (χ4v) is 3.66. The van der Waals surface area contributed by atoms with Crippen molar-refractivity contribution in [2.24, 2.45) is 10.9 Å². The van der Waals surface area contributed by atoms with Crippen LogP contribution in [-0.2, 0) is 6.42 Å². The Morgan fingerprint density at radius 1 is 1.31 bits per heavy atom. The monoisotopic (exact) mass is 212 g/mol. The SMILES string of the molecule is C1=Cc2[nH]cc3c2C(C1)C1CCCN=C1C3. The normalized spacial score (nSPS) is 30.6. The topological polar surface area (TPSA) is 28.1 Å². The molecule has 0 saturated carbocycles. The van der Waals surface area contributed by atoms with Gasteiger partial charge in [0.15, 0.2) is 0 Å². The number of allylic oxidation sites excluding steroid dienone is 1. The minimum atomic E-state index is 0.717. The second-order valence-electron chi connectivity index (χ2n) is 5.18. The fraction of sp³-hybridized carbons (Fsp3) is 0.500. The van der Waals surface area contributed by atoms with Crippen LogP contribution in [0, 0.1) is 5.92 Å². The van der Waals surface area contributed by atoms with Crippen molar-refractivity contribution in [3.8, 4) is 0 Å². The molecule has 1 aromatic heterocycles. The summed E-state index contributed by atoms with van der Waals surface area (Å²) in [5, 5.41) is 0. The smallest absolute Gasteiger partial charge is 0.0415 e. The first-order chi connectivity index (χ1) is 7.93. The fourth-order valence-electron chi connectivity index (χ4n) is 3.66. The third-order valence-corrected chi connectivity index (χ3v) is 4.36. The maximum atomic E-state index is 4.76. The van der Waals surface area contributed by atoms with Crippen molar-refractivity contribution in [2.45, 2.75) is 31.6 Å². The summed E-state index contributed by atoms with van der Waals surface area (Å²) in [7, 11) is 0. The summed E-state index contributed by atoms with van der Waals surface area (Å²) in [4.78, 5) is 8.18. The quantitative estimate of drug-likeness (QED) is 0.685. The van der Waals surface area contributed by atoms with Crippen molar-refractivity contribution >= 4 is 11.8 Å². The van der Waals surface area contributed by atoms with Gasteiger partial charge < -0.3 is 4.98 Å². The Morgan fingerprint density at radius 3 is 3.31 bits per heavy atom. The number of nitrogens with one attached hydrogen (secondary N) is 1. The third-order valence-electron chi connectivity index (χ3n) is 4.36. The van der Waals surface area contributed by atoms with Crippen LogP contribution in [0.2, 0.25) is 0 Å². The molecule has 1 N–H and O–H groups in total. The Labute approximate surface area is 95.5 Å². The number of rotatable bonds is 0. The zero-order chi connectivity index (χ0) is 10.5. The molecule has 2 atom stereocenters. The summed E-state index contributed by atoms with van der Waals surface area (Å²) < 4.78 is 0. The standard InChI is InChI=1S/C14H16N2/c1-3-11-10-4-2-6-15-13(10)7-9-8-16-12(5-1)14(9)11/h1,5,8,10-11,16H,2-4,6-7H2. The van der Waals surface area contributed by atoms with E-state index in [1.54, 1.807) is 5.56 Å². The zero-order valence-electron chi connectivity index (χ0n) is 9.37. The molecule has 0 saturated heterocycles. The third kappa shape index (κ3) is 1.05. The molecule has 2 aliphatic carbocycles. The second-order valence-corrected chi connectivity index (χ2v) is 5.18. The number of aromatic amines is 1. The maximum absolute atomic E-state index is 4.76. The van der Waals surface area contributed by atoms with E-state index < -0.39 is 0 Å². The molecule has 0 spiro atoms. The molecule has 2 unspecified atom stereocenters. The minimum absolute atomic E-state index is 0.717. The van der Waals surface area contributed by atoms with Crippen LogP contribution in [0.1, 0.15) is 42.0 Å². The van der Waals surface area contributed by atoms with Gasteiger partial charge in [0.2, 0.25) is 0 Å². The van der Waals surface area contributed by atoms with Crippen molar-refractivity contribution in [3.05, 3.63) is 29.1 Å². The predicted molar refractivity (Wildman–Crippen MR) is 65.9 cm³/mol. The van der Waals surface area contributed by atoms with Crippen LogP contribution >= 0.6 is 0 Å². The molecule has 0 bridgehead atoms. The number of hydrogen-bond acceptors (Lipinski definition) is 1. The molecular formula is C14H16N2. The first kappa shape index (κ1) is 8.80. The van der Waals surface area contributed by atoms with E-state index in [2.05, 4.69) is 23.3 Å². The molecule has 4 rings (SSSR count). The predicted octanol–water partition coefficient (Wildman–Crippen LogP) is 2.92. The molecule has 16 heavy (non-hydrogen) atoms. The Balaban J connectivity index is 1.90. The highest BCUT2D eigenvalue weighted by Crippen LogP contribution is 2.44. The van der Waals surface area contributed by atoms with Crippen molar-refractivity contribution in [1.82, 2.24) is 4.98 Å². The van der Waals surface area contributed by atoms with Gasteiger partial charge in [0.05, 0.1) is 0 Å². The molecule has 1 aliphatic heterocycles. The molecule has 2 nitrogen and oxygen atoms in total. The molecule has 0 radical (unpaired) electrons. The van der Waals surface area contributed by atoms with Gasteiger partial charge in [-0.15, -0.1) is 0 Å². The molecule has 0 aromatic carbocycles. The zero-order valence-corrected chi connectivity index (χ0v) is 9.37. The van der Waals surface area contributed by atoms with Crippen LogP contribution in [0.15, 0.2) is 17.3 Å². The molecule has 82 valence electrons. The van der Waals surface area contributed by atoms with Gasteiger partial charge in [-0.2, -0.15) is 0 Å². The summed E-state index contributed by atoms with van der Waals surface area (Å²) in [5.74, 6) is 1.45. The lowest BCUT2D eigenvalue weighted by atomic mass is 9.69. The Hall–Kier alpha value is -1.31. The van der Waals surface area contributed by atoms with Crippen LogP contribution in [0.5, 0.6) is 0 Å². The molecule has 0 fully saturated rings. The van der Waals surface area contributed by atoms with E-state index in [0.717, 1.165) is 18.9 Å². The number of aliphatic imine (C=N–C) groups is 1. The van der Waals surface area contributed by atoms with Crippen LogP contribution < -0.4 is 0 Å².